The normalized spacial score (nSPS) is 16.2. The maximum absolute atomic E-state index is 13.2. The molecule has 2 aromatic carbocycles. The lowest BCUT2D eigenvalue weighted by Gasteiger charge is -2.36. The van der Waals surface area contributed by atoms with Crippen molar-refractivity contribution < 1.29 is 9.18 Å². The predicted octanol–water partition coefficient (Wildman–Crippen LogP) is 4.20. The Morgan fingerprint density at radius 1 is 0.839 bits per heavy atom. The van der Waals surface area contributed by atoms with Gasteiger partial charge in [-0.3, -0.25) is 4.79 Å². The van der Waals surface area contributed by atoms with E-state index < -0.39 is 0 Å². The number of piperazine rings is 1. The zero-order chi connectivity index (χ0) is 21.2. The van der Waals surface area contributed by atoms with E-state index in [1.54, 1.807) is 0 Å². The third kappa shape index (κ3) is 4.08. The number of halogens is 1. The molecule has 0 atom stereocenters. The van der Waals surface area contributed by atoms with Crippen LogP contribution in [0.15, 0.2) is 54.6 Å². The first-order valence-corrected chi connectivity index (χ1v) is 10.7. The van der Waals surface area contributed by atoms with Gasteiger partial charge in [-0.1, -0.05) is 18.2 Å². The van der Waals surface area contributed by atoms with E-state index in [0.717, 1.165) is 56.1 Å². The summed E-state index contributed by atoms with van der Waals surface area (Å²) in [6.07, 6.45) is 2.15. The third-order valence-corrected chi connectivity index (χ3v) is 5.86. The summed E-state index contributed by atoms with van der Waals surface area (Å²) in [5, 5.41) is 3.34. The van der Waals surface area contributed by atoms with Crippen molar-refractivity contribution in [2.45, 2.75) is 19.3 Å². The highest BCUT2D eigenvalue weighted by molar-refractivity contribution is 6.03. The summed E-state index contributed by atoms with van der Waals surface area (Å²) in [7, 11) is 0. The first kappa shape index (κ1) is 19.5. The molecule has 1 aromatic heterocycles. The van der Waals surface area contributed by atoms with Crippen LogP contribution in [0.2, 0.25) is 0 Å². The molecule has 0 saturated carbocycles. The van der Waals surface area contributed by atoms with Crippen LogP contribution >= 0.6 is 0 Å². The highest BCUT2D eigenvalue weighted by Gasteiger charge is 2.27. The number of Topliss-reactive ketones (excluding diaryl/α,β-unsaturated/α-hetero) is 1. The van der Waals surface area contributed by atoms with E-state index in [2.05, 4.69) is 15.1 Å². The molecule has 0 bridgehead atoms. The zero-order valence-electron chi connectivity index (χ0n) is 17.2. The van der Waals surface area contributed by atoms with Crippen LogP contribution in [0.3, 0.4) is 0 Å². The van der Waals surface area contributed by atoms with Crippen molar-refractivity contribution in [1.29, 1.82) is 0 Å². The second-order valence-electron chi connectivity index (χ2n) is 7.91. The third-order valence-electron chi connectivity index (χ3n) is 5.86. The molecule has 6 nitrogen and oxygen atoms in total. The molecule has 1 N–H and O–H groups in total. The van der Waals surface area contributed by atoms with Gasteiger partial charge in [0, 0.05) is 44.0 Å². The molecule has 1 fully saturated rings. The van der Waals surface area contributed by atoms with Gasteiger partial charge in [0.15, 0.2) is 5.78 Å². The summed E-state index contributed by atoms with van der Waals surface area (Å²) in [6, 6.07) is 16.4. The van der Waals surface area contributed by atoms with E-state index in [1.807, 2.05) is 42.5 Å². The number of aromatic nitrogens is 2. The Labute approximate surface area is 180 Å². The van der Waals surface area contributed by atoms with Gasteiger partial charge < -0.3 is 15.1 Å². The van der Waals surface area contributed by atoms with E-state index in [-0.39, 0.29) is 11.6 Å². The van der Waals surface area contributed by atoms with Gasteiger partial charge in [-0.05, 0) is 49.2 Å². The van der Waals surface area contributed by atoms with E-state index in [4.69, 9.17) is 9.97 Å². The van der Waals surface area contributed by atoms with Gasteiger partial charge in [0.1, 0.15) is 11.6 Å². The molecular weight excluding hydrogens is 393 g/mol. The smallest absolute Gasteiger partial charge is 0.227 e. The molecule has 7 heteroatoms. The topological polar surface area (TPSA) is 61.4 Å². The fraction of sp³-hybridized carbons (Fsp3) is 0.292. The van der Waals surface area contributed by atoms with Crippen LogP contribution in [-0.4, -0.2) is 41.9 Å². The molecule has 31 heavy (non-hydrogen) atoms. The molecule has 2 aliphatic rings. The van der Waals surface area contributed by atoms with Crippen LogP contribution in [0.1, 0.15) is 28.9 Å². The van der Waals surface area contributed by atoms with Crippen molar-refractivity contribution in [1.82, 2.24) is 9.97 Å². The number of carbonyl (C=O) groups excluding carboxylic acids is 1. The summed E-state index contributed by atoms with van der Waals surface area (Å²) < 4.78 is 13.2. The minimum absolute atomic E-state index is 0.104. The first-order valence-electron chi connectivity index (χ1n) is 10.7. The highest BCUT2D eigenvalue weighted by atomic mass is 19.1. The van der Waals surface area contributed by atoms with Crippen molar-refractivity contribution in [3.8, 4) is 0 Å². The zero-order valence-corrected chi connectivity index (χ0v) is 17.2. The number of ketones is 1. The van der Waals surface area contributed by atoms with E-state index in [9.17, 15) is 9.18 Å². The molecule has 1 aliphatic heterocycles. The van der Waals surface area contributed by atoms with Gasteiger partial charge >= 0.3 is 0 Å². The summed E-state index contributed by atoms with van der Waals surface area (Å²) in [4.78, 5) is 26.6. The van der Waals surface area contributed by atoms with Crippen molar-refractivity contribution in [2.75, 3.05) is 41.3 Å². The molecule has 158 valence electrons. The quantitative estimate of drug-likeness (QED) is 0.686. The molecule has 1 saturated heterocycles. The molecule has 0 spiro atoms. The van der Waals surface area contributed by atoms with Gasteiger partial charge in [0.25, 0.3) is 0 Å². The monoisotopic (exact) mass is 417 g/mol. The van der Waals surface area contributed by atoms with E-state index >= 15 is 0 Å². The lowest BCUT2D eigenvalue weighted by Crippen LogP contribution is -2.47. The lowest BCUT2D eigenvalue weighted by atomic mass is 9.95. The molecule has 3 aromatic rings. The summed E-state index contributed by atoms with van der Waals surface area (Å²) >= 11 is 0. The van der Waals surface area contributed by atoms with Crippen molar-refractivity contribution in [3.05, 3.63) is 71.7 Å². The standard InChI is InChI=1S/C24H24FN5O/c25-17-9-11-19(12-10-17)29-13-15-30(16-14-29)24-27-20-7-4-8-21(31)22(20)23(28-24)26-18-5-2-1-3-6-18/h1-3,5-6,9-12H,4,7-8,13-16H2,(H,26,27,28). The van der Waals surface area contributed by atoms with E-state index in [0.29, 0.717) is 23.8 Å². The molecule has 1 aliphatic carbocycles. The van der Waals surface area contributed by atoms with Crippen LogP contribution in [0.5, 0.6) is 0 Å². The number of fused-ring (bicyclic) bond motifs is 1. The number of para-hydroxylation sites is 1. The minimum Gasteiger partial charge on any atom is -0.368 e. The Hall–Kier alpha value is -3.48. The van der Waals surface area contributed by atoms with Crippen LogP contribution < -0.4 is 15.1 Å². The van der Waals surface area contributed by atoms with Crippen LogP contribution in [0, 0.1) is 5.82 Å². The number of benzene rings is 2. The van der Waals surface area contributed by atoms with Crippen LogP contribution in [-0.2, 0) is 6.42 Å². The Bertz CT molecular complexity index is 1080. The van der Waals surface area contributed by atoms with Gasteiger partial charge in [-0.15, -0.1) is 0 Å². The number of aryl methyl sites for hydroxylation is 1. The number of hydrogen-bond donors (Lipinski definition) is 1. The lowest BCUT2D eigenvalue weighted by molar-refractivity contribution is 0.0972. The number of hydrogen-bond acceptors (Lipinski definition) is 6. The summed E-state index contributed by atoms with van der Waals surface area (Å²) in [5.41, 5.74) is 3.38. The molecule has 0 amide bonds. The molecular formula is C24H24FN5O. The van der Waals surface area contributed by atoms with Crippen molar-refractivity contribution in [2.24, 2.45) is 0 Å². The fourth-order valence-corrected chi connectivity index (χ4v) is 4.22. The summed E-state index contributed by atoms with van der Waals surface area (Å²) in [5.74, 6) is 1.13. The predicted molar refractivity (Wildman–Crippen MR) is 120 cm³/mol. The Morgan fingerprint density at radius 3 is 2.29 bits per heavy atom. The van der Waals surface area contributed by atoms with Gasteiger partial charge in [-0.25, -0.2) is 9.37 Å². The molecule has 2 heterocycles. The highest BCUT2D eigenvalue weighted by Crippen LogP contribution is 2.30. The molecule has 5 rings (SSSR count). The van der Waals surface area contributed by atoms with Gasteiger partial charge in [0.2, 0.25) is 5.95 Å². The number of rotatable bonds is 4. The Kier molecular flexibility index (Phi) is 5.24. The number of carbonyl (C=O) groups is 1. The number of nitrogens with zero attached hydrogens (tertiary/aromatic N) is 4. The van der Waals surface area contributed by atoms with Gasteiger partial charge in [-0.2, -0.15) is 4.98 Å². The SMILES string of the molecule is O=C1CCCc2nc(N3CCN(c4ccc(F)cc4)CC3)nc(Nc3ccccc3)c21. The molecule has 0 radical (unpaired) electrons. The number of nitrogens with one attached hydrogen (secondary N) is 1. The average molecular weight is 417 g/mol. The van der Waals surface area contributed by atoms with Crippen molar-refractivity contribution in [3.63, 3.8) is 0 Å². The second kappa shape index (κ2) is 8.34. The van der Waals surface area contributed by atoms with Crippen LogP contribution in [0.25, 0.3) is 0 Å². The van der Waals surface area contributed by atoms with Gasteiger partial charge in [0.05, 0.1) is 11.3 Å². The Balaban J connectivity index is 1.40. The van der Waals surface area contributed by atoms with Crippen LogP contribution in [0.4, 0.5) is 27.5 Å². The Morgan fingerprint density at radius 2 is 1.55 bits per heavy atom. The first-order chi connectivity index (χ1) is 15.2. The minimum atomic E-state index is -0.224. The maximum Gasteiger partial charge on any atom is 0.227 e. The molecule has 0 unspecified atom stereocenters. The maximum atomic E-state index is 13.2. The van der Waals surface area contributed by atoms with Crippen molar-refractivity contribution >= 4 is 28.9 Å². The summed E-state index contributed by atoms with van der Waals surface area (Å²) in [6.45, 7) is 3.11. The average Bonchev–Trinajstić information content (AvgIpc) is 2.80. The largest absolute Gasteiger partial charge is 0.368 e. The fourth-order valence-electron chi connectivity index (χ4n) is 4.22. The number of anilines is 4. The second-order valence-corrected chi connectivity index (χ2v) is 7.91. The van der Waals surface area contributed by atoms with E-state index in [1.165, 1.54) is 12.1 Å².